The minimum Gasteiger partial charge on any atom is -0.314 e. The van der Waals surface area contributed by atoms with Gasteiger partial charge in [0, 0.05) is 12.1 Å². The van der Waals surface area contributed by atoms with Crippen LogP contribution in [0.2, 0.25) is 0 Å². The van der Waals surface area contributed by atoms with E-state index in [2.05, 4.69) is 89.9 Å². The van der Waals surface area contributed by atoms with Gasteiger partial charge in [-0.1, -0.05) is 46.6 Å². The van der Waals surface area contributed by atoms with Crippen molar-refractivity contribution < 1.29 is 0 Å². The molecule has 0 spiro atoms. The topological polar surface area (TPSA) is 15.3 Å². The Morgan fingerprint density at radius 3 is 1.74 bits per heavy atom. The molecule has 0 aromatic rings. The fourth-order valence-corrected chi connectivity index (χ4v) is 4.78. The Labute approximate surface area is 214 Å². The maximum Gasteiger partial charge on any atom is 0.00698 e. The van der Waals surface area contributed by atoms with Gasteiger partial charge in [-0.2, -0.15) is 0 Å². The fraction of sp³-hybridized carbons (Fsp3) is 0.750. The van der Waals surface area contributed by atoms with Crippen LogP contribution in [0.4, 0.5) is 0 Å². The van der Waals surface area contributed by atoms with E-state index in [1.807, 2.05) is 0 Å². The molecule has 196 valence electrons. The van der Waals surface area contributed by atoms with E-state index >= 15 is 0 Å². The first kappa shape index (κ1) is 30.9. The van der Waals surface area contributed by atoms with Gasteiger partial charge in [-0.25, -0.2) is 0 Å². The summed E-state index contributed by atoms with van der Waals surface area (Å²) < 4.78 is 0. The van der Waals surface area contributed by atoms with Crippen LogP contribution < -0.4 is 5.32 Å². The number of nitrogens with zero attached hydrogens (tertiary/aromatic N) is 1. The number of rotatable bonds is 16. The van der Waals surface area contributed by atoms with Gasteiger partial charge in [0.1, 0.15) is 0 Å². The van der Waals surface area contributed by atoms with E-state index < -0.39 is 0 Å². The van der Waals surface area contributed by atoms with Crippen LogP contribution in [0.15, 0.2) is 46.6 Å². The van der Waals surface area contributed by atoms with Crippen molar-refractivity contribution >= 4 is 0 Å². The van der Waals surface area contributed by atoms with E-state index in [9.17, 15) is 0 Å². The van der Waals surface area contributed by atoms with Gasteiger partial charge >= 0.3 is 0 Å². The number of allylic oxidation sites excluding steroid dienone is 8. The lowest BCUT2D eigenvalue weighted by Gasteiger charge is -2.36. The Hall–Kier alpha value is -1.12. The molecule has 2 atom stereocenters. The van der Waals surface area contributed by atoms with Gasteiger partial charge in [0.2, 0.25) is 0 Å². The highest BCUT2D eigenvalue weighted by molar-refractivity contribution is 5.03. The van der Waals surface area contributed by atoms with Crippen molar-refractivity contribution in [1.29, 1.82) is 0 Å². The molecule has 0 aliphatic carbocycles. The molecule has 0 saturated carbocycles. The monoisotopic (exact) mass is 470 g/mol. The van der Waals surface area contributed by atoms with E-state index in [0.717, 1.165) is 5.92 Å². The van der Waals surface area contributed by atoms with Crippen molar-refractivity contribution in [3.8, 4) is 0 Å². The van der Waals surface area contributed by atoms with Crippen molar-refractivity contribution in [1.82, 2.24) is 10.2 Å². The Balaban J connectivity index is 2.18. The van der Waals surface area contributed by atoms with Crippen LogP contribution in [-0.4, -0.2) is 36.6 Å². The summed E-state index contributed by atoms with van der Waals surface area (Å²) in [5, 5.41) is 3.83. The normalized spacial score (nSPS) is 18.0. The first-order valence-electron chi connectivity index (χ1n) is 14.2. The Bertz CT molecular complexity index is 650. The number of hydrogen-bond acceptors (Lipinski definition) is 2. The maximum atomic E-state index is 3.83. The lowest BCUT2D eigenvalue weighted by atomic mass is 9.94. The van der Waals surface area contributed by atoms with Crippen LogP contribution in [0, 0.1) is 5.92 Å². The smallest absolute Gasteiger partial charge is 0.00698 e. The number of hydrogen-bond donors (Lipinski definition) is 1. The molecule has 1 saturated heterocycles. The van der Waals surface area contributed by atoms with Crippen molar-refractivity contribution in [2.75, 3.05) is 19.6 Å². The molecule has 0 amide bonds. The highest BCUT2D eigenvalue weighted by Crippen LogP contribution is 2.21. The quantitative estimate of drug-likeness (QED) is 0.226. The zero-order valence-corrected chi connectivity index (χ0v) is 24.2. The number of piperidine rings is 1. The molecule has 2 heteroatoms. The van der Waals surface area contributed by atoms with Crippen LogP contribution in [0.25, 0.3) is 0 Å². The molecule has 1 aliphatic rings. The lowest BCUT2D eigenvalue weighted by Crippen LogP contribution is -2.42. The first-order chi connectivity index (χ1) is 16.2. The molecule has 0 bridgehead atoms. The second-order valence-corrected chi connectivity index (χ2v) is 11.5. The van der Waals surface area contributed by atoms with Crippen LogP contribution in [0.5, 0.6) is 0 Å². The third kappa shape index (κ3) is 15.7. The molecule has 34 heavy (non-hydrogen) atoms. The third-order valence-electron chi connectivity index (χ3n) is 7.38. The fourth-order valence-electron chi connectivity index (χ4n) is 4.78. The standard InChI is InChI=1S/C32H58N2/c1-26(2)13-9-15-28(5)17-11-19-30(7)33-25-32-21-23-34(24-22-32)31(8)20-12-18-29(6)16-10-14-27(3)4/h13-14,17-18,30-33H,9-12,15-16,19-25H2,1-8H3/b28-17+,29-18+. The van der Waals surface area contributed by atoms with Crippen LogP contribution in [-0.2, 0) is 0 Å². The Kier molecular flexibility index (Phi) is 16.5. The maximum absolute atomic E-state index is 3.83. The van der Waals surface area contributed by atoms with Gasteiger partial charge in [0.05, 0.1) is 0 Å². The van der Waals surface area contributed by atoms with Gasteiger partial charge in [-0.05, 0) is 145 Å². The summed E-state index contributed by atoms with van der Waals surface area (Å²) in [6.45, 7) is 21.9. The van der Waals surface area contributed by atoms with Gasteiger partial charge in [-0.3, -0.25) is 0 Å². The predicted molar refractivity (Wildman–Crippen MR) is 155 cm³/mol. The SMILES string of the molecule is CC(C)=CCC/C(C)=C/CCC(C)NCC1CCN(C(C)CC/C=C(\C)CCC=C(C)C)CC1. The van der Waals surface area contributed by atoms with E-state index in [-0.39, 0.29) is 0 Å². The second-order valence-electron chi connectivity index (χ2n) is 11.5. The van der Waals surface area contributed by atoms with Crippen LogP contribution >= 0.6 is 0 Å². The van der Waals surface area contributed by atoms with E-state index in [1.165, 1.54) is 95.0 Å². The van der Waals surface area contributed by atoms with E-state index in [4.69, 9.17) is 0 Å². The van der Waals surface area contributed by atoms with E-state index in [0.29, 0.717) is 12.1 Å². The summed E-state index contributed by atoms with van der Waals surface area (Å²) in [7, 11) is 0. The third-order valence-corrected chi connectivity index (χ3v) is 7.38. The highest BCUT2D eigenvalue weighted by atomic mass is 15.2. The highest BCUT2D eigenvalue weighted by Gasteiger charge is 2.22. The van der Waals surface area contributed by atoms with Crippen molar-refractivity contribution in [2.45, 2.75) is 132 Å². The van der Waals surface area contributed by atoms with Gasteiger partial charge in [0.15, 0.2) is 0 Å². The molecular weight excluding hydrogens is 412 g/mol. The van der Waals surface area contributed by atoms with Crippen LogP contribution in [0.3, 0.4) is 0 Å². The van der Waals surface area contributed by atoms with Gasteiger partial charge in [0.25, 0.3) is 0 Å². The van der Waals surface area contributed by atoms with Gasteiger partial charge in [-0.15, -0.1) is 0 Å². The minimum absolute atomic E-state index is 0.616. The minimum atomic E-state index is 0.616. The molecule has 1 heterocycles. The zero-order chi connectivity index (χ0) is 25.3. The summed E-state index contributed by atoms with van der Waals surface area (Å²) in [6, 6.07) is 1.33. The molecule has 1 N–H and O–H groups in total. The number of likely N-dealkylation sites (tertiary alicyclic amines) is 1. The molecule has 1 fully saturated rings. The lowest BCUT2D eigenvalue weighted by molar-refractivity contribution is 0.133. The van der Waals surface area contributed by atoms with Crippen molar-refractivity contribution in [3.05, 3.63) is 46.6 Å². The van der Waals surface area contributed by atoms with Crippen molar-refractivity contribution in [2.24, 2.45) is 5.92 Å². The Morgan fingerprint density at radius 1 is 0.735 bits per heavy atom. The molecule has 1 aliphatic heterocycles. The summed E-state index contributed by atoms with van der Waals surface area (Å²) in [5.41, 5.74) is 5.96. The second kappa shape index (κ2) is 18.2. The molecule has 0 aromatic heterocycles. The average molecular weight is 471 g/mol. The van der Waals surface area contributed by atoms with Crippen LogP contribution in [0.1, 0.15) is 120 Å². The average Bonchev–Trinajstić information content (AvgIpc) is 2.77. The Morgan fingerprint density at radius 2 is 1.24 bits per heavy atom. The molecule has 2 unspecified atom stereocenters. The number of nitrogens with one attached hydrogen (secondary N) is 1. The van der Waals surface area contributed by atoms with E-state index in [1.54, 1.807) is 11.1 Å². The predicted octanol–water partition coefficient (Wildman–Crippen LogP) is 9.01. The summed E-state index contributed by atoms with van der Waals surface area (Å²) in [6.07, 6.45) is 22.1. The summed E-state index contributed by atoms with van der Waals surface area (Å²) in [4.78, 5) is 2.73. The molecule has 2 nitrogen and oxygen atoms in total. The molecule has 0 radical (unpaired) electrons. The largest absolute Gasteiger partial charge is 0.314 e. The zero-order valence-electron chi connectivity index (χ0n) is 24.2. The molecule has 1 rings (SSSR count). The van der Waals surface area contributed by atoms with Crippen molar-refractivity contribution in [3.63, 3.8) is 0 Å². The molecule has 0 aromatic carbocycles. The summed E-state index contributed by atoms with van der Waals surface area (Å²) >= 11 is 0. The molecular formula is C32H58N2. The summed E-state index contributed by atoms with van der Waals surface area (Å²) in [5.74, 6) is 0.851. The van der Waals surface area contributed by atoms with Gasteiger partial charge < -0.3 is 10.2 Å². The first-order valence-corrected chi connectivity index (χ1v) is 14.2.